The first kappa shape index (κ1) is 13.6. The molecule has 2 aromatic heterocycles. The van der Waals surface area contributed by atoms with Crippen molar-refractivity contribution in [2.75, 3.05) is 6.61 Å². The fourth-order valence-electron chi connectivity index (χ4n) is 2.74. The molecule has 2 N–H and O–H groups in total. The molecule has 0 amide bonds. The second-order valence-corrected chi connectivity index (χ2v) is 5.12. The summed E-state index contributed by atoms with van der Waals surface area (Å²) in [6, 6.07) is 5.55. The molecule has 0 radical (unpaired) electrons. The number of pyridine rings is 1. The number of H-pyrrole nitrogens is 1. The van der Waals surface area contributed by atoms with Crippen LogP contribution in [0.15, 0.2) is 32.2 Å². The van der Waals surface area contributed by atoms with E-state index in [0.717, 1.165) is 5.56 Å². The van der Waals surface area contributed by atoms with Gasteiger partial charge in [0.1, 0.15) is 0 Å². The van der Waals surface area contributed by atoms with Crippen LogP contribution in [0.5, 0.6) is 0 Å². The molecule has 5 nitrogen and oxygen atoms in total. The molecule has 0 fully saturated rings. The number of fused-ring (bicyclic) bond motifs is 3. The van der Waals surface area contributed by atoms with Gasteiger partial charge in [0.2, 0.25) is 0 Å². The Morgan fingerprint density at radius 2 is 2.00 bits per heavy atom. The van der Waals surface area contributed by atoms with Crippen LogP contribution in [-0.2, 0) is 6.42 Å². The number of hydrogen-bond acceptors (Lipinski definition) is 4. The van der Waals surface area contributed by atoms with Gasteiger partial charge >= 0.3 is 5.63 Å². The maximum absolute atomic E-state index is 12.4. The Hall–Kier alpha value is -2.40. The van der Waals surface area contributed by atoms with Gasteiger partial charge in [0.25, 0.3) is 5.56 Å². The van der Waals surface area contributed by atoms with Gasteiger partial charge in [-0.15, -0.1) is 0 Å². The molecule has 0 saturated carbocycles. The second kappa shape index (κ2) is 4.86. The molecule has 0 aliphatic rings. The zero-order chi connectivity index (χ0) is 15.1. The minimum absolute atomic E-state index is 0.165. The fourth-order valence-corrected chi connectivity index (χ4v) is 2.74. The molecule has 0 aliphatic carbocycles. The molecule has 3 aromatic rings. The highest BCUT2D eigenvalue weighted by Gasteiger charge is 2.16. The van der Waals surface area contributed by atoms with Crippen molar-refractivity contribution >= 4 is 21.9 Å². The zero-order valence-electron chi connectivity index (χ0n) is 11.8. The molecule has 0 atom stereocenters. The number of aliphatic hydroxyl groups excluding tert-OH is 1. The highest BCUT2D eigenvalue weighted by Crippen LogP contribution is 2.25. The number of para-hydroxylation sites is 1. The van der Waals surface area contributed by atoms with Crippen molar-refractivity contribution in [3.63, 3.8) is 0 Å². The average Bonchev–Trinajstić information content (AvgIpc) is 2.44. The second-order valence-electron chi connectivity index (χ2n) is 5.12. The molecule has 0 saturated heterocycles. The van der Waals surface area contributed by atoms with Gasteiger partial charge in [-0.1, -0.05) is 12.1 Å². The predicted molar refractivity (Wildman–Crippen MR) is 80.9 cm³/mol. The molecular weight excluding hydrogens is 270 g/mol. The van der Waals surface area contributed by atoms with Gasteiger partial charge in [0.05, 0.1) is 10.9 Å². The van der Waals surface area contributed by atoms with Gasteiger partial charge in [-0.25, -0.2) is 4.79 Å². The smallest absolute Gasteiger partial charge is 0.339 e. The molecule has 21 heavy (non-hydrogen) atoms. The predicted octanol–water partition coefficient (Wildman–Crippen LogP) is 1.79. The maximum Gasteiger partial charge on any atom is 0.339 e. The van der Waals surface area contributed by atoms with Gasteiger partial charge in [-0.2, -0.15) is 0 Å². The van der Waals surface area contributed by atoms with Crippen molar-refractivity contribution in [3.05, 3.63) is 55.7 Å². The van der Waals surface area contributed by atoms with Crippen LogP contribution in [0.2, 0.25) is 0 Å². The summed E-state index contributed by atoms with van der Waals surface area (Å²) in [5, 5.41) is 10.1. The third-order valence-electron chi connectivity index (χ3n) is 3.84. The van der Waals surface area contributed by atoms with Crippen LogP contribution < -0.4 is 11.2 Å². The largest absolute Gasteiger partial charge is 0.422 e. The highest BCUT2D eigenvalue weighted by molar-refractivity contribution is 6.03. The number of aromatic amines is 1. The van der Waals surface area contributed by atoms with Crippen LogP contribution in [-0.4, -0.2) is 16.7 Å². The SMILES string of the molecule is Cc1cccc2c1[nH]c(=O)c1c(C)c(CCO)c(=O)oc12. The van der Waals surface area contributed by atoms with E-state index in [1.165, 1.54) is 0 Å². The van der Waals surface area contributed by atoms with Crippen molar-refractivity contribution < 1.29 is 9.52 Å². The van der Waals surface area contributed by atoms with E-state index in [9.17, 15) is 9.59 Å². The Kier molecular flexibility index (Phi) is 3.14. The summed E-state index contributed by atoms with van der Waals surface area (Å²) in [6.45, 7) is 3.43. The maximum atomic E-state index is 12.4. The minimum Gasteiger partial charge on any atom is -0.422 e. The topological polar surface area (TPSA) is 83.3 Å². The number of aryl methyl sites for hydroxylation is 2. The number of aromatic nitrogens is 1. The molecule has 2 heterocycles. The quantitative estimate of drug-likeness (QED) is 0.703. The molecule has 0 spiro atoms. The summed E-state index contributed by atoms with van der Waals surface area (Å²) in [5.74, 6) is 0. The number of aliphatic hydroxyl groups is 1. The number of benzene rings is 1. The standard InChI is InChI=1S/C16H15NO4/c1-8-4-3-5-11-13(8)17-15(19)12-9(2)10(6-7-18)16(20)21-14(11)12/h3-5,18H,6-7H2,1-2H3,(H,17,19). The summed E-state index contributed by atoms with van der Waals surface area (Å²) < 4.78 is 5.39. The van der Waals surface area contributed by atoms with E-state index in [0.29, 0.717) is 33.0 Å². The van der Waals surface area contributed by atoms with Crippen molar-refractivity contribution in [1.29, 1.82) is 0 Å². The number of nitrogens with one attached hydrogen (secondary N) is 1. The summed E-state index contributed by atoms with van der Waals surface area (Å²) >= 11 is 0. The summed E-state index contributed by atoms with van der Waals surface area (Å²) in [5.41, 5.74) is 2.03. The Morgan fingerprint density at radius 3 is 2.71 bits per heavy atom. The van der Waals surface area contributed by atoms with Gasteiger partial charge in [-0.3, -0.25) is 4.79 Å². The van der Waals surface area contributed by atoms with Crippen LogP contribution in [0.4, 0.5) is 0 Å². The van der Waals surface area contributed by atoms with E-state index in [4.69, 9.17) is 9.52 Å². The summed E-state index contributed by atoms with van der Waals surface area (Å²) in [7, 11) is 0. The monoisotopic (exact) mass is 285 g/mol. The first-order valence-electron chi connectivity index (χ1n) is 6.73. The number of hydrogen-bond donors (Lipinski definition) is 2. The lowest BCUT2D eigenvalue weighted by Crippen LogP contribution is -2.17. The summed E-state index contributed by atoms with van der Waals surface area (Å²) in [4.78, 5) is 27.3. The van der Waals surface area contributed by atoms with Crippen LogP contribution in [0.1, 0.15) is 16.7 Å². The third-order valence-corrected chi connectivity index (χ3v) is 3.84. The van der Waals surface area contributed by atoms with E-state index in [1.807, 2.05) is 25.1 Å². The Bertz CT molecular complexity index is 966. The molecule has 0 bridgehead atoms. The molecule has 0 aliphatic heterocycles. The number of rotatable bonds is 2. The van der Waals surface area contributed by atoms with E-state index >= 15 is 0 Å². The Balaban J connectivity index is 2.59. The van der Waals surface area contributed by atoms with Crippen LogP contribution in [0.3, 0.4) is 0 Å². The van der Waals surface area contributed by atoms with Crippen molar-refractivity contribution in [1.82, 2.24) is 4.98 Å². The van der Waals surface area contributed by atoms with Crippen molar-refractivity contribution in [3.8, 4) is 0 Å². The van der Waals surface area contributed by atoms with E-state index in [2.05, 4.69) is 4.98 Å². The first-order valence-corrected chi connectivity index (χ1v) is 6.73. The van der Waals surface area contributed by atoms with E-state index in [-0.39, 0.29) is 18.6 Å². The normalized spacial score (nSPS) is 11.4. The summed E-state index contributed by atoms with van der Waals surface area (Å²) in [6.07, 6.45) is 0.176. The third kappa shape index (κ3) is 1.97. The van der Waals surface area contributed by atoms with Crippen LogP contribution in [0, 0.1) is 13.8 Å². The molecule has 5 heteroatoms. The van der Waals surface area contributed by atoms with Crippen LogP contribution >= 0.6 is 0 Å². The van der Waals surface area contributed by atoms with Crippen molar-refractivity contribution in [2.24, 2.45) is 0 Å². The molecule has 1 aromatic carbocycles. The minimum atomic E-state index is -0.498. The Morgan fingerprint density at radius 1 is 1.24 bits per heavy atom. The lowest BCUT2D eigenvalue weighted by atomic mass is 10.0. The zero-order valence-corrected chi connectivity index (χ0v) is 11.8. The van der Waals surface area contributed by atoms with Gasteiger partial charge in [0.15, 0.2) is 5.58 Å². The Labute approximate surface area is 119 Å². The molecule has 0 unspecified atom stereocenters. The van der Waals surface area contributed by atoms with Crippen LogP contribution in [0.25, 0.3) is 21.9 Å². The molecular formula is C16H15NO4. The van der Waals surface area contributed by atoms with Crippen molar-refractivity contribution in [2.45, 2.75) is 20.3 Å². The average molecular weight is 285 g/mol. The van der Waals surface area contributed by atoms with Gasteiger partial charge in [-0.05, 0) is 31.0 Å². The van der Waals surface area contributed by atoms with E-state index < -0.39 is 5.63 Å². The van der Waals surface area contributed by atoms with E-state index in [1.54, 1.807) is 6.92 Å². The first-order chi connectivity index (χ1) is 10.0. The van der Waals surface area contributed by atoms with Gasteiger partial charge in [0, 0.05) is 24.0 Å². The molecule has 108 valence electrons. The lowest BCUT2D eigenvalue weighted by Gasteiger charge is -2.09. The lowest BCUT2D eigenvalue weighted by molar-refractivity contribution is 0.297. The fraction of sp³-hybridized carbons (Fsp3) is 0.250. The highest BCUT2D eigenvalue weighted by atomic mass is 16.4. The van der Waals surface area contributed by atoms with Gasteiger partial charge < -0.3 is 14.5 Å². The molecule has 3 rings (SSSR count).